The Balaban J connectivity index is 2.48. The van der Waals surface area contributed by atoms with Gasteiger partial charge in [-0.2, -0.15) is 0 Å². The number of rotatable bonds is 0. The number of benzene rings is 2. The molecule has 0 bridgehead atoms. The van der Waals surface area contributed by atoms with Crippen molar-refractivity contribution >= 4 is 16.6 Å². The molecule has 0 unspecified atom stereocenters. The minimum atomic E-state index is -0.0789. The molecule has 0 saturated heterocycles. The lowest BCUT2D eigenvalue weighted by molar-refractivity contribution is 0.0969. The van der Waals surface area contributed by atoms with Gasteiger partial charge in [0.05, 0.1) is 5.56 Å². The van der Waals surface area contributed by atoms with Crippen molar-refractivity contribution in [2.75, 3.05) is 0 Å². The Morgan fingerprint density at radius 2 is 1.59 bits per heavy atom. The van der Waals surface area contributed by atoms with Crippen molar-refractivity contribution in [1.82, 2.24) is 0 Å². The summed E-state index contributed by atoms with van der Waals surface area (Å²) in [5.74, 6) is 0.0735. The topological polar surface area (TPSA) is 57.5 Å². The second kappa shape index (κ2) is 3.48. The average Bonchev–Trinajstić information content (AvgIpc) is 2.36. The molecule has 1 aliphatic carbocycles. The van der Waals surface area contributed by atoms with Crippen molar-refractivity contribution in [3.05, 3.63) is 35.4 Å². The molecule has 17 heavy (non-hydrogen) atoms. The minimum Gasteiger partial charge on any atom is -0.507 e. The van der Waals surface area contributed by atoms with E-state index in [0.29, 0.717) is 34.7 Å². The van der Waals surface area contributed by atoms with Gasteiger partial charge in [-0.25, -0.2) is 0 Å². The van der Waals surface area contributed by atoms with Crippen molar-refractivity contribution in [2.24, 2.45) is 0 Å². The number of hydrogen-bond donors (Lipinski definition) is 2. The highest BCUT2D eigenvalue weighted by Gasteiger charge is 2.26. The summed E-state index contributed by atoms with van der Waals surface area (Å²) >= 11 is 0. The van der Waals surface area contributed by atoms with Gasteiger partial charge in [-0.1, -0.05) is 24.3 Å². The maximum atomic E-state index is 11.8. The van der Waals surface area contributed by atoms with Crippen LogP contribution in [0.1, 0.15) is 28.8 Å². The zero-order chi connectivity index (χ0) is 12.0. The Hall–Kier alpha value is -2.03. The number of aromatic hydroxyl groups is 2. The SMILES string of the molecule is O=C1CCCc2c1c(O)c1ccccc1c2O. The van der Waals surface area contributed by atoms with Gasteiger partial charge in [-0.3, -0.25) is 4.79 Å². The van der Waals surface area contributed by atoms with Gasteiger partial charge in [0.2, 0.25) is 0 Å². The molecule has 0 heterocycles. The number of hydrogen-bond acceptors (Lipinski definition) is 3. The molecule has 0 fully saturated rings. The molecule has 86 valence electrons. The maximum absolute atomic E-state index is 11.8. The fourth-order valence-corrected chi connectivity index (χ4v) is 2.55. The summed E-state index contributed by atoms with van der Waals surface area (Å²) in [4.78, 5) is 11.8. The van der Waals surface area contributed by atoms with Gasteiger partial charge in [-0.15, -0.1) is 0 Å². The molecule has 3 heteroatoms. The fourth-order valence-electron chi connectivity index (χ4n) is 2.55. The van der Waals surface area contributed by atoms with E-state index in [1.54, 1.807) is 24.3 Å². The van der Waals surface area contributed by atoms with Gasteiger partial charge < -0.3 is 10.2 Å². The highest BCUT2D eigenvalue weighted by molar-refractivity contribution is 6.09. The number of phenols is 2. The third-order valence-electron chi connectivity index (χ3n) is 3.37. The van der Waals surface area contributed by atoms with Crippen LogP contribution in [0.15, 0.2) is 24.3 Å². The van der Waals surface area contributed by atoms with Gasteiger partial charge in [0.25, 0.3) is 0 Å². The molecule has 1 aliphatic rings. The van der Waals surface area contributed by atoms with Crippen molar-refractivity contribution < 1.29 is 15.0 Å². The van der Waals surface area contributed by atoms with Crippen molar-refractivity contribution in [2.45, 2.75) is 19.3 Å². The third kappa shape index (κ3) is 1.32. The predicted octanol–water partition coefficient (Wildman–Crippen LogP) is 2.77. The van der Waals surface area contributed by atoms with E-state index in [-0.39, 0.29) is 17.3 Å². The maximum Gasteiger partial charge on any atom is 0.167 e. The molecule has 0 aromatic heterocycles. The van der Waals surface area contributed by atoms with Crippen LogP contribution in [0.2, 0.25) is 0 Å². The van der Waals surface area contributed by atoms with E-state index in [4.69, 9.17) is 0 Å². The quantitative estimate of drug-likeness (QED) is 0.681. The summed E-state index contributed by atoms with van der Waals surface area (Å²) in [6, 6.07) is 7.05. The number of phenolic OH excluding ortho intramolecular Hbond substituents is 2. The van der Waals surface area contributed by atoms with Crippen LogP contribution >= 0.6 is 0 Å². The highest BCUT2D eigenvalue weighted by atomic mass is 16.3. The van der Waals surface area contributed by atoms with Crippen molar-refractivity contribution in [1.29, 1.82) is 0 Å². The molecular weight excluding hydrogens is 216 g/mol. The first-order chi connectivity index (χ1) is 8.20. The zero-order valence-electron chi connectivity index (χ0n) is 9.23. The average molecular weight is 228 g/mol. The number of carbonyl (C=O) groups excluding carboxylic acids is 1. The fraction of sp³-hybridized carbons (Fsp3) is 0.214. The van der Waals surface area contributed by atoms with Crippen LogP contribution in [0.4, 0.5) is 0 Å². The second-order valence-electron chi connectivity index (χ2n) is 4.37. The van der Waals surface area contributed by atoms with Crippen molar-refractivity contribution in [3.8, 4) is 11.5 Å². The largest absolute Gasteiger partial charge is 0.507 e. The van der Waals surface area contributed by atoms with Crippen LogP contribution in [0.25, 0.3) is 10.8 Å². The minimum absolute atomic E-state index is 0.0121. The first-order valence-electron chi connectivity index (χ1n) is 5.69. The van der Waals surface area contributed by atoms with E-state index in [0.717, 1.165) is 6.42 Å². The van der Waals surface area contributed by atoms with Crippen LogP contribution < -0.4 is 0 Å². The van der Waals surface area contributed by atoms with Gasteiger partial charge in [-0.05, 0) is 12.8 Å². The van der Waals surface area contributed by atoms with Gasteiger partial charge >= 0.3 is 0 Å². The van der Waals surface area contributed by atoms with Crippen LogP contribution in [0, 0.1) is 0 Å². The van der Waals surface area contributed by atoms with E-state index >= 15 is 0 Å². The van der Waals surface area contributed by atoms with E-state index < -0.39 is 0 Å². The summed E-state index contributed by atoms with van der Waals surface area (Å²) in [6.07, 6.45) is 1.82. The molecule has 0 spiro atoms. The lowest BCUT2D eigenvalue weighted by Crippen LogP contribution is -2.11. The Morgan fingerprint density at radius 3 is 2.29 bits per heavy atom. The molecule has 0 saturated carbocycles. The monoisotopic (exact) mass is 228 g/mol. The first kappa shape index (κ1) is 10.1. The van der Waals surface area contributed by atoms with Crippen LogP contribution in [-0.4, -0.2) is 16.0 Å². The Labute approximate surface area is 98.3 Å². The number of fused-ring (bicyclic) bond motifs is 2. The molecule has 0 aliphatic heterocycles. The third-order valence-corrected chi connectivity index (χ3v) is 3.37. The molecule has 2 N–H and O–H groups in total. The molecule has 3 nitrogen and oxygen atoms in total. The normalized spacial score (nSPS) is 14.9. The van der Waals surface area contributed by atoms with E-state index in [9.17, 15) is 15.0 Å². The number of Topliss-reactive ketones (excluding diaryl/α,β-unsaturated/α-hetero) is 1. The van der Waals surface area contributed by atoms with Gasteiger partial charge in [0.1, 0.15) is 11.5 Å². The standard InChI is InChI=1S/C14H12O3/c15-11-7-3-6-10-12(11)14(17)9-5-2-1-4-8(9)13(10)16/h1-2,4-5,16-17H,3,6-7H2. The molecule has 0 amide bonds. The summed E-state index contributed by atoms with van der Waals surface area (Å²) < 4.78 is 0. The number of ketones is 1. The molecular formula is C14H12O3. The summed E-state index contributed by atoms with van der Waals surface area (Å²) in [5, 5.41) is 21.5. The van der Waals surface area contributed by atoms with Gasteiger partial charge in [0, 0.05) is 22.8 Å². The number of carbonyl (C=O) groups is 1. The molecule has 2 aromatic rings. The molecule has 2 aromatic carbocycles. The smallest absolute Gasteiger partial charge is 0.167 e. The van der Waals surface area contributed by atoms with Gasteiger partial charge in [0.15, 0.2) is 5.78 Å². The Kier molecular flexibility index (Phi) is 2.08. The van der Waals surface area contributed by atoms with E-state index in [1.807, 2.05) is 0 Å². The summed E-state index contributed by atoms with van der Waals surface area (Å²) in [6.45, 7) is 0. The predicted molar refractivity (Wildman–Crippen MR) is 64.5 cm³/mol. The molecule has 3 rings (SSSR count). The Morgan fingerprint density at radius 1 is 0.941 bits per heavy atom. The Bertz CT molecular complexity index is 629. The molecule has 0 atom stereocenters. The highest BCUT2D eigenvalue weighted by Crippen LogP contribution is 2.42. The molecule has 0 radical (unpaired) electrons. The lowest BCUT2D eigenvalue weighted by Gasteiger charge is -2.19. The van der Waals surface area contributed by atoms with Crippen LogP contribution in [0.5, 0.6) is 11.5 Å². The van der Waals surface area contributed by atoms with E-state index in [1.165, 1.54) is 0 Å². The zero-order valence-corrected chi connectivity index (χ0v) is 9.23. The summed E-state index contributed by atoms with van der Waals surface area (Å²) in [7, 11) is 0. The first-order valence-corrected chi connectivity index (χ1v) is 5.69. The van der Waals surface area contributed by atoms with Crippen LogP contribution in [-0.2, 0) is 6.42 Å². The summed E-state index contributed by atoms with van der Waals surface area (Å²) in [5.41, 5.74) is 0.907. The second-order valence-corrected chi connectivity index (χ2v) is 4.37. The van der Waals surface area contributed by atoms with Crippen LogP contribution in [0.3, 0.4) is 0 Å². The van der Waals surface area contributed by atoms with Crippen molar-refractivity contribution in [3.63, 3.8) is 0 Å². The van der Waals surface area contributed by atoms with E-state index in [2.05, 4.69) is 0 Å². The lowest BCUT2D eigenvalue weighted by atomic mass is 9.86.